The lowest BCUT2D eigenvalue weighted by molar-refractivity contribution is 0.102. The molecule has 1 heterocycles. The molecule has 0 unspecified atom stereocenters. The highest BCUT2D eigenvalue weighted by atomic mass is 32.2. The van der Waals surface area contributed by atoms with Gasteiger partial charge in [-0.25, -0.2) is 13.4 Å². The number of hydrogen-bond donors (Lipinski definition) is 1. The van der Waals surface area contributed by atoms with Crippen LogP contribution < -0.4 is 10.1 Å². The van der Waals surface area contributed by atoms with Crippen molar-refractivity contribution < 1.29 is 17.9 Å². The molecule has 0 radical (unpaired) electrons. The minimum absolute atomic E-state index is 0.0473. The van der Waals surface area contributed by atoms with E-state index in [0.29, 0.717) is 35.2 Å². The van der Waals surface area contributed by atoms with Crippen molar-refractivity contribution in [1.82, 2.24) is 4.98 Å². The molecule has 28 heavy (non-hydrogen) atoms. The monoisotopic (exact) mass is 402 g/mol. The van der Waals surface area contributed by atoms with E-state index >= 15 is 0 Å². The molecule has 2 aromatic rings. The van der Waals surface area contributed by atoms with E-state index in [0.717, 1.165) is 0 Å². The first kappa shape index (κ1) is 20.3. The number of anilines is 1. The van der Waals surface area contributed by atoms with Crippen molar-refractivity contribution in [2.24, 2.45) is 5.92 Å². The third-order valence-electron chi connectivity index (χ3n) is 4.85. The summed E-state index contributed by atoms with van der Waals surface area (Å²) in [6.45, 7) is 0.634. The van der Waals surface area contributed by atoms with Crippen LogP contribution in [0.1, 0.15) is 48.0 Å². The van der Waals surface area contributed by atoms with Gasteiger partial charge in [0.2, 0.25) is 0 Å². The molecule has 150 valence electrons. The van der Waals surface area contributed by atoms with E-state index in [2.05, 4.69) is 10.3 Å². The van der Waals surface area contributed by atoms with Crippen molar-refractivity contribution in [1.29, 1.82) is 0 Å². The van der Waals surface area contributed by atoms with Crippen LogP contribution in [0.4, 0.5) is 5.82 Å². The van der Waals surface area contributed by atoms with Gasteiger partial charge in [-0.2, -0.15) is 0 Å². The second kappa shape index (κ2) is 9.19. The highest BCUT2D eigenvalue weighted by Crippen LogP contribution is 2.27. The van der Waals surface area contributed by atoms with Gasteiger partial charge in [0.05, 0.1) is 12.4 Å². The summed E-state index contributed by atoms with van der Waals surface area (Å²) in [6, 6.07) is 10.1. The molecule has 0 saturated heterocycles. The van der Waals surface area contributed by atoms with E-state index < -0.39 is 9.84 Å². The molecular formula is C21H26N2O4S. The molecule has 1 aliphatic carbocycles. The Bertz CT molecular complexity index is 904. The number of nitrogens with zero attached hydrogens (tertiary/aromatic N) is 1. The van der Waals surface area contributed by atoms with Crippen molar-refractivity contribution in [3.05, 3.63) is 53.7 Å². The Morgan fingerprint density at radius 2 is 1.86 bits per heavy atom. The van der Waals surface area contributed by atoms with Crippen LogP contribution >= 0.6 is 0 Å². The van der Waals surface area contributed by atoms with Crippen LogP contribution in [-0.2, 0) is 15.6 Å². The number of sulfone groups is 1. The molecule has 1 fully saturated rings. The molecule has 1 aromatic heterocycles. The van der Waals surface area contributed by atoms with E-state index in [-0.39, 0.29) is 11.7 Å². The first-order valence-electron chi connectivity index (χ1n) is 9.56. The second-order valence-corrected chi connectivity index (χ2v) is 9.53. The number of ether oxygens (including phenoxy) is 1. The van der Waals surface area contributed by atoms with Gasteiger partial charge in [0.25, 0.3) is 5.91 Å². The molecule has 1 aliphatic rings. The SMILES string of the molecule is CS(=O)(=O)Cc1ccc(C(=O)Nc2ncccc2OCC2CCCCC2)cc1. The lowest BCUT2D eigenvalue weighted by Crippen LogP contribution is -2.17. The summed E-state index contributed by atoms with van der Waals surface area (Å²) >= 11 is 0. The summed E-state index contributed by atoms with van der Waals surface area (Å²) in [6.07, 6.45) is 8.96. The fraction of sp³-hybridized carbons (Fsp3) is 0.429. The van der Waals surface area contributed by atoms with E-state index in [4.69, 9.17) is 4.74 Å². The molecule has 0 spiro atoms. The number of benzene rings is 1. The molecule has 0 aliphatic heterocycles. The van der Waals surface area contributed by atoms with Gasteiger partial charge in [-0.3, -0.25) is 4.79 Å². The van der Waals surface area contributed by atoms with E-state index in [1.165, 1.54) is 38.4 Å². The van der Waals surface area contributed by atoms with E-state index in [9.17, 15) is 13.2 Å². The van der Waals surface area contributed by atoms with Crippen LogP contribution in [0.2, 0.25) is 0 Å². The van der Waals surface area contributed by atoms with Gasteiger partial charge >= 0.3 is 0 Å². The van der Waals surface area contributed by atoms with Crippen molar-refractivity contribution in [2.45, 2.75) is 37.9 Å². The quantitative estimate of drug-likeness (QED) is 0.761. The predicted molar refractivity (Wildman–Crippen MR) is 109 cm³/mol. The van der Waals surface area contributed by atoms with Gasteiger partial charge in [-0.05, 0) is 48.6 Å². The molecule has 0 atom stereocenters. The molecule has 1 N–H and O–H groups in total. The second-order valence-electron chi connectivity index (χ2n) is 7.39. The maximum absolute atomic E-state index is 12.5. The summed E-state index contributed by atoms with van der Waals surface area (Å²) in [5, 5.41) is 2.79. The minimum Gasteiger partial charge on any atom is -0.489 e. The first-order chi connectivity index (χ1) is 13.4. The zero-order chi connectivity index (χ0) is 20.0. The molecule has 1 amide bonds. The fourth-order valence-electron chi connectivity index (χ4n) is 3.40. The predicted octanol–water partition coefficient (Wildman–Crippen LogP) is 3.84. The van der Waals surface area contributed by atoms with Gasteiger partial charge in [0.1, 0.15) is 0 Å². The van der Waals surface area contributed by atoms with Crippen LogP contribution in [-0.4, -0.2) is 32.2 Å². The number of pyridine rings is 1. The normalized spacial score (nSPS) is 15.2. The molecule has 3 rings (SSSR count). The highest BCUT2D eigenvalue weighted by Gasteiger charge is 2.16. The largest absolute Gasteiger partial charge is 0.489 e. The lowest BCUT2D eigenvalue weighted by Gasteiger charge is -2.22. The fourth-order valence-corrected chi connectivity index (χ4v) is 4.20. The Morgan fingerprint density at radius 1 is 1.14 bits per heavy atom. The van der Waals surface area contributed by atoms with Crippen LogP contribution in [0, 0.1) is 5.92 Å². The van der Waals surface area contributed by atoms with Gasteiger partial charge in [-0.1, -0.05) is 31.4 Å². The number of carbonyl (C=O) groups excluding carboxylic acids is 1. The average Bonchev–Trinajstić information content (AvgIpc) is 2.67. The van der Waals surface area contributed by atoms with Gasteiger partial charge in [-0.15, -0.1) is 0 Å². The number of nitrogens with one attached hydrogen (secondary N) is 1. The smallest absolute Gasteiger partial charge is 0.256 e. The standard InChI is InChI=1S/C21H26N2O4S/c1-28(25,26)15-17-9-11-18(12-10-17)21(24)23-20-19(8-5-13-22-20)27-14-16-6-3-2-4-7-16/h5,8-13,16H,2-4,6-7,14-15H2,1H3,(H,22,23,24). The van der Waals surface area contributed by atoms with Crippen LogP contribution in [0.3, 0.4) is 0 Å². The molecule has 1 aromatic carbocycles. The third-order valence-corrected chi connectivity index (χ3v) is 5.70. The number of rotatable bonds is 7. The zero-order valence-corrected chi connectivity index (χ0v) is 16.9. The number of hydrogen-bond acceptors (Lipinski definition) is 5. The van der Waals surface area contributed by atoms with Gasteiger partial charge in [0.15, 0.2) is 21.4 Å². The summed E-state index contributed by atoms with van der Waals surface area (Å²) in [4.78, 5) is 16.8. The van der Waals surface area contributed by atoms with E-state index in [1.807, 2.05) is 0 Å². The van der Waals surface area contributed by atoms with Gasteiger partial charge < -0.3 is 10.1 Å². The highest BCUT2D eigenvalue weighted by molar-refractivity contribution is 7.89. The molecular weight excluding hydrogens is 376 g/mol. The molecule has 6 nitrogen and oxygen atoms in total. The first-order valence-corrected chi connectivity index (χ1v) is 11.6. The summed E-state index contributed by atoms with van der Waals surface area (Å²) in [5.41, 5.74) is 1.08. The van der Waals surface area contributed by atoms with Crippen molar-refractivity contribution in [2.75, 3.05) is 18.2 Å². The summed E-state index contributed by atoms with van der Waals surface area (Å²) < 4.78 is 28.7. The van der Waals surface area contributed by atoms with Crippen molar-refractivity contribution in [3.63, 3.8) is 0 Å². The molecule has 0 bridgehead atoms. The Hall–Kier alpha value is -2.41. The van der Waals surface area contributed by atoms with Crippen LogP contribution in [0.5, 0.6) is 5.75 Å². The number of carbonyl (C=O) groups is 1. The Kier molecular flexibility index (Phi) is 6.67. The van der Waals surface area contributed by atoms with Gasteiger partial charge in [0, 0.05) is 18.0 Å². The van der Waals surface area contributed by atoms with Crippen molar-refractivity contribution >= 4 is 21.6 Å². The average molecular weight is 403 g/mol. The van der Waals surface area contributed by atoms with E-state index in [1.54, 1.807) is 42.6 Å². The number of amides is 1. The third kappa shape index (κ3) is 6.05. The molecule has 7 heteroatoms. The zero-order valence-electron chi connectivity index (χ0n) is 16.1. The maximum atomic E-state index is 12.5. The maximum Gasteiger partial charge on any atom is 0.256 e. The van der Waals surface area contributed by atoms with Crippen molar-refractivity contribution in [3.8, 4) is 5.75 Å². The van der Waals surface area contributed by atoms with Crippen LogP contribution in [0.15, 0.2) is 42.6 Å². The lowest BCUT2D eigenvalue weighted by atomic mass is 9.90. The Balaban J connectivity index is 1.63. The minimum atomic E-state index is -3.11. The topological polar surface area (TPSA) is 85.4 Å². The van der Waals surface area contributed by atoms with Crippen LogP contribution in [0.25, 0.3) is 0 Å². The molecule has 1 saturated carbocycles. The summed E-state index contributed by atoms with van der Waals surface area (Å²) in [7, 11) is -3.11. The number of aromatic nitrogens is 1. The summed E-state index contributed by atoms with van der Waals surface area (Å²) in [5.74, 6) is 1.15. The Labute approximate surface area is 166 Å². The Morgan fingerprint density at radius 3 is 2.54 bits per heavy atom.